The summed E-state index contributed by atoms with van der Waals surface area (Å²) < 4.78 is 0. The van der Waals surface area contributed by atoms with Crippen LogP contribution in [0.1, 0.15) is 31.9 Å². The maximum absolute atomic E-state index is 9.71. The predicted octanol–water partition coefficient (Wildman–Crippen LogP) is 2.59. The molecule has 0 saturated carbocycles. The average Bonchev–Trinajstić information content (AvgIpc) is 2.29. The van der Waals surface area contributed by atoms with Gasteiger partial charge in [0.2, 0.25) is 0 Å². The molecule has 0 heterocycles. The third kappa shape index (κ3) is 3.01. The molecule has 16 heavy (non-hydrogen) atoms. The summed E-state index contributed by atoms with van der Waals surface area (Å²) in [5.74, 6) is 2.66. The molecule has 1 aromatic rings. The largest absolute Gasteiger partial charge is 0.389 e. The van der Waals surface area contributed by atoms with Gasteiger partial charge in [-0.25, -0.2) is 0 Å². The molecule has 0 fully saturated rings. The van der Waals surface area contributed by atoms with Crippen LogP contribution in [0.4, 0.5) is 5.69 Å². The Balaban J connectivity index is 3.03. The molecule has 0 aromatic heterocycles. The molecule has 1 atom stereocenters. The molecular weight excluding hydrogens is 198 g/mol. The second kappa shape index (κ2) is 6.19. The van der Waals surface area contributed by atoms with Gasteiger partial charge in [0.15, 0.2) is 0 Å². The fourth-order valence-electron chi connectivity index (χ4n) is 1.79. The lowest BCUT2D eigenvalue weighted by Gasteiger charge is -2.25. The van der Waals surface area contributed by atoms with Crippen LogP contribution in [0.2, 0.25) is 0 Å². The van der Waals surface area contributed by atoms with E-state index in [0.717, 1.165) is 24.2 Å². The van der Waals surface area contributed by atoms with E-state index in [2.05, 4.69) is 17.7 Å². The number of nitrogens with zero attached hydrogens (tertiary/aromatic N) is 1. The Kier molecular flexibility index (Phi) is 4.88. The molecule has 0 aliphatic rings. The first-order valence-corrected chi connectivity index (χ1v) is 5.66. The van der Waals surface area contributed by atoms with Crippen LogP contribution in [0.25, 0.3) is 0 Å². The molecule has 0 aliphatic carbocycles. The summed E-state index contributed by atoms with van der Waals surface area (Å²) in [6, 6.07) is 7.86. The highest BCUT2D eigenvalue weighted by Gasteiger charge is 2.12. The Morgan fingerprint density at radius 1 is 1.44 bits per heavy atom. The van der Waals surface area contributed by atoms with Crippen molar-refractivity contribution in [3.8, 4) is 12.3 Å². The fourth-order valence-corrected chi connectivity index (χ4v) is 1.79. The number of rotatable bonds is 5. The van der Waals surface area contributed by atoms with E-state index < -0.39 is 6.10 Å². The number of hydrogen-bond acceptors (Lipinski definition) is 2. The second-order valence-electron chi connectivity index (χ2n) is 3.86. The van der Waals surface area contributed by atoms with E-state index in [9.17, 15) is 5.11 Å². The molecule has 0 amide bonds. The first-order chi connectivity index (χ1) is 7.70. The second-order valence-corrected chi connectivity index (χ2v) is 3.86. The van der Waals surface area contributed by atoms with Gasteiger partial charge in [-0.3, -0.25) is 0 Å². The molecule has 0 aliphatic heterocycles. The van der Waals surface area contributed by atoms with Gasteiger partial charge in [0, 0.05) is 17.8 Å². The zero-order valence-corrected chi connectivity index (χ0v) is 9.98. The quantitative estimate of drug-likeness (QED) is 0.766. The molecule has 2 nitrogen and oxygen atoms in total. The summed E-state index contributed by atoms with van der Waals surface area (Å²) in [5.41, 5.74) is 1.98. The molecule has 0 spiro atoms. The topological polar surface area (TPSA) is 23.5 Å². The van der Waals surface area contributed by atoms with E-state index in [1.807, 2.05) is 24.3 Å². The Morgan fingerprint density at radius 3 is 2.69 bits per heavy atom. The molecule has 0 radical (unpaired) electrons. The third-order valence-electron chi connectivity index (χ3n) is 2.50. The van der Waals surface area contributed by atoms with Gasteiger partial charge < -0.3 is 10.0 Å². The average molecular weight is 217 g/mol. The Morgan fingerprint density at radius 2 is 2.12 bits per heavy atom. The van der Waals surface area contributed by atoms with Gasteiger partial charge in [0.05, 0.1) is 12.6 Å². The third-order valence-corrected chi connectivity index (χ3v) is 2.50. The van der Waals surface area contributed by atoms with Gasteiger partial charge in [-0.15, -0.1) is 6.42 Å². The van der Waals surface area contributed by atoms with Crippen molar-refractivity contribution in [2.45, 2.75) is 26.4 Å². The highest BCUT2D eigenvalue weighted by molar-refractivity contribution is 5.55. The van der Waals surface area contributed by atoms with Crippen molar-refractivity contribution in [2.24, 2.45) is 0 Å². The number of aliphatic hydroxyl groups excluding tert-OH is 1. The molecule has 0 unspecified atom stereocenters. The number of anilines is 1. The van der Waals surface area contributed by atoms with Crippen molar-refractivity contribution < 1.29 is 5.11 Å². The smallest absolute Gasteiger partial charge is 0.0791 e. The Labute approximate surface area is 97.9 Å². The van der Waals surface area contributed by atoms with Gasteiger partial charge in [-0.05, 0) is 19.4 Å². The number of benzene rings is 1. The number of hydrogen-bond donors (Lipinski definition) is 1. The van der Waals surface area contributed by atoms with Crippen molar-refractivity contribution in [1.82, 2.24) is 0 Å². The lowest BCUT2D eigenvalue weighted by Crippen LogP contribution is -2.25. The highest BCUT2D eigenvalue weighted by Crippen LogP contribution is 2.25. The van der Waals surface area contributed by atoms with Gasteiger partial charge >= 0.3 is 0 Å². The Hall–Kier alpha value is -1.46. The summed E-state index contributed by atoms with van der Waals surface area (Å²) >= 11 is 0. The maximum atomic E-state index is 9.71. The van der Waals surface area contributed by atoms with Crippen LogP contribution in [0, 0.1) is 12.3 Å². The van der Waals surface area contributed by atoms with E-state index in [0.29, 0.717) is 6.54 Å². The van der Waals surface area contributed by atoms with Crippen LogP contribution in [-0.4, -0.2) is 18.2 Å². The summed E-state index contributed by atoms with van der Waals surface area (Å²) in [5, 5.41) is 9.71. The minimum Gasteiger partial charge on any atom is -0.389 e. The van der Waals surface area contributed by atoms with Crippen molar-refractivity contribution in [2.75, 3.05) is 18.0 Å². The SMILES string of the molecule is C#CCN(CCC)c1ccccc1[C@@H](C)O. The van der Waals surface area contributed by atoms with Crippen LogP contribution >= 0.6 is 0 Å². The lowest BCUT2D eigenvalue weighted by atomic mass is 10.1. The van der Waals surface area contributed by atoms with Crippen LogP contribution in [-0.2, 0) is 0 Å². The molecule has 1 rings (SSSR count). The van der Waals surface area contributed by atoms with Crippen molar-refractivity contribution >= 4 is 5.69 Å². The van der Waals surface area contributed by atoms with Gasteiger partial charge in [-0.1, -0.05) is 31.0 Å². The van der Waals surface area contributed by atoms with Crippen molar-refractivity contribution in [3.05, 3.63) is 29.8 Å². The number of aliphatic hydroxyl groups is 1. The van der Waals surface area contributed by atoms with E-state index >= 15 is 0 Å². The molecular formula is C14H19NO. The molecule has 1 N–H and O–H groups in total. The standard InChI is InChI=1S/C14H19NO/c1-4-10-15(11-5-2)14-9-7-6-8-13(14)12(3)16/h1,6-9,12,16H,5,10-11H2,2-3H3/t12-/m1/s1. The van der Waals surface area contributed by atoms with Crippen LogP contribution in [0.3, 0.4) is 0 Å². The van der Waals surface area contributed by atoms with Crippen LogP contribution in [0.5, 0.6) is 0 Å². The van der Waals surface area contributed by atoms with Crippen molar-refractivity contribution in [1.29, 1.82) is 0 Å². The lowest BCUT2D eigenvalue weighted by molar-refractivity contribution is 0.199. The summed E-state index contributed by atoms with van der Waals surface area (Å²) in [7, 11) is 0. The minimum absolute atomic E-state index is 0.465. The maximum Gasteiger partial charge on any atom is 0.0791 e. The summed E-state index contributed by atoms with van der Waals surface area (Å²) in [4.78, 5) is 2.13. The Bertz CT molecular complexity index is 365. The van der Waals surface area contributed by atoms with Crippen LogP contribution in [0.15, 0.2) is 24.3 Å². The number of terminal acetylenes is 1. The van der Waals surface area contributed by atoms with E-state index in [-0.39, 0.29) is 0 Å². The highest BCUT2D eigenvalue weighted by atomic mass is 16.3. The molecule has 2 heteroatoms. The van der Waals surface area contributed by atoms with Crippen molar-refractivity contribution in [3.63, 3.8) is 0 Å². The molecule has 0 saturated heterocycles. The van der Waals surface area contributed by atoms with Gasteiger partial charge in [0.25, 0.3) is 0 Å². The first-order valence-electron chi connectivity index (χ1n) is 5.66. The zero-order chi connectivity index (χ0) is 12.0. The van der Waals surface area contributed by atoms with E-state index in [4.69, 9.17) is 6.42 Å². The monoisotopic (exact) mass is 217 g/mol. The molecule has 1 aromatic carbocycles. The number of para-hydroxylation sites is 1. The predicted molar refractivity (Wildman–Crippen MR) is 68.4 cm³/mol. The zero-order valence-electron chi connectivity index (χ0n) is 9.98. The van der Waals surface area contributed by atoms with Gasteiger partial charge in [0.1, 0.15) is 0 Å². The van der Waals surface area contributed by atoms with Gasteiger partial charge in [-0.2, -0.15) is 0 Å². The van der Waals surface area contributed by atoms with E-state index in [1.165, 1.54) is 0 Å². The normalized spacial score (nSPS) is 11.9. The summed E-state index contributed by atoms with van der Waals surface area (Å²) in [6.07, 6.45) is 5.94. The summed E-state index contributed by atoms with van der Waals surface area (Å²) in [6.45, 7) is 5.39. The molecule has 86 valence electrons. The van der Waals surface area contributed by atoms with Crippen LogP contribution < -0.4 is 4.90 Å². The first kappa shape index (κ1) is 12.6. The fraction of sp³-hybridized carbons (Fsp3) is 0.429. The van der Waals surface area contributed by atoms with E-state index in [1.54, 1.807) is 6.92 Å². The molecule has 0 bridgehead atoms. The minimum atomic E-state index is -0.465.